The molecule has 0 spiro atoms. The van der Waals surface area contributed by atoms with Crippen molar-refractivity contribution < 1.29 is 14.0 Å². The van der Waals surface area contributed by atoms with Gasteiger partial charge in [-0.2, -0.15) is 0 Å². The second kappa shape index (κ2) is 6.53. The average Bonchev–Trinajstić information content (AvgIpc) is 2.34. The summed E-state index contributed by atoms with van der Waals surface area (Å²) in [5.41, 5.74) is -0.0658. The average molecular weight is 254 g/mol. The third kappa shape index (κ3) is 4.00. The molecule has 6 nitrogen and oxygen atoms in total. The van der Waals surface area contributed by atoms with Crippen molar-refractivity contribution in [1.29, 1.82) is 0 Å². The molecule has 0 unspecified atom stereocenters. The molecular weight excluding hydrogens is 239 g/mol. The van der Waals surface area contributed by atoms with Crippen LogP contribution in [0.3, 0.4) is 0 Å². The number of rotatable bonds is 4. The van der Waals surface area contributed by atoms with Crippen molar-refractivity contribution in [2.24, 2.45) is 0 Å². The zero-order valence-electron chi connectivity index (χ0n) is 10.2. The monoisotopic (exact) mass is 254 g/mol. The molecule has 0 saturated heterocycles. The predicted octanol–water partition coefficient (Wildman–Crippen LogP) is 0.222. The van der Waals surface area contributed by atoms with Gasteiger partial charge in [0.1, 0.15) is 0 Å². The Hall–Kier alpha value is -2.18. The topological polar surface area (TPSA) is 74.3 Å². The highest BCUT2D eigenvalue weighted by Gasteiger charge is 2.10. The molecule has 98 valence electrons. The van der Waals surface area contributed by atoms with Gasteiger partial charge in [-0.25, -0.2) is 9.18 Å². The fourth-order valence-electron chi connectivity index (χ4n) is 1.16. The molecule has 2 N–H and O–H groups in total. The zero-order chi connectivity index (χ0) is 13.5. The minimum Gasteiger partial charge on any atom is -0.350 e. The molecule has 0 fully saturated rings. The number of halogens is 1. The van der Waals surface area contributed by atoms with E-state index >= 15 is 0 Å². The first-order valence-electron chi connectivity index (χ1n) is 5.35. The van der Waals surface area contributed by atoms with E-state index < -0.39 is 11.7 Å². The Kier molecular flexibility index (Phi) is 5.04. The Morgan fingerprint density at radius 1 is 1.33 bits per heavy atom. The van der Waals surface area contributed by atoms with Gasteiger partial charge in [0.25, 0.3) is 5.91 Å². The molecule has 0 aliphatic carbocycles. The van der Waals surface area contributed by atoms with Crippen molar-refractivity contribution in [2.45, 2.75) is 0 Å². The molecule has 0 aromatic carbocycles. The third-order valence-electron chi connectivity index (χ3n) is 2.11. The van der Waals surface area contributed by atoms with E-state index in [4.69, 9.17) is 0 Å². The largest absolute Gasteiger partial charge is 0.350 e. The highest BCUT2D eigenvalue weighted by Crippen LogP contribution is 2.03. The summed E-state index contributed by atoms with van der Waals surface area (Å²) in [7, 11) is 3.22. The molecule has 7 heteroatoms. The third-order valence-corrected chi connectivity index (χ3v) is 2.11. The molecule has 18 heavy (non-hydrogen) atoms. The molecule has 3 amide bonds. The maximum absolute atomic E-state index is 13.2. The first-order valence-corrected chi connectivity index (χ1v) is 5.35. The van der Waals surface area contributed by atoms with E-state index in [1.165, 1.54) is 17.2 Å². The van der Waals surface area contributed by atoms with Gasteiger partial charge < -0.3 is 15.5 Å². The number of urea groups is 1. The van der Waals surface area contributed by atoms with Gasteiger partial charge in [-0.3, -0.25) is 9.78 Å². The lowest BCUT2D eigenvalue weighted by atomic mass is 10.2. The van der Waals surface area contributed by atoms with Crippen molar-refractivity contribution >= 4 is 11.9 Å². The Morgan fingerprint density at radius 2 is 2.00 bits per heavy atom. The molecule has 1 aromatic rings. The van der Waals surface area contributed by atoms with Gasteiger partial charge >= 0.3 is 6.03 Å². The van der Waals surface area contributed by atoms with E-state index in [-0.39, 0.29) is 24.7 Å². The van der Waals surface area contributed by atoms with Crippen LogP contribution in [0.4, 0.5) is 9.18 Å². The van der Waals surface area contributed by atoms with Gasteiger partial charge in [-0.1, -0.05) is 0 Å². The van der Waals surface area contributed by atoms with Crippen molar-refractivity contribution in [3.63, 3.8) is 0 Å². The maximum atomic E-state index is 13.2. The smallest absolute Gasteiger partial charge is 0.316 e. The van der Waals surface area contributed by atoms with Gasteiger partial charge in [0.05, 0.1) is 11.8 Å². The lowest BCUT2D eigenvalue weighted by Crippen LogP contribution is -2.39. The van der Waals surface area contributed by atoms with Crippen molar-refractivity contribution in [3.8, 4) is 0 Å². The van der Waals surface area contributed by atoms with Crippen LogP contribution >= 0.6 is 0 Å². The molecule has 1 rings (SSSR count). The fourth-order valence-corrected chi connectivity index (χ4v) is 1.16. The van der Waals surface area contributed by atoms with Gasteiger partial charge in [0, 0.05) is 33.4 Å². The summed E-state index contributed by atoms with van der Waals surface area (Å²) >= 11 is 0. The highest BCUT2D eigenvalue weighted by molar-refractivity contribution is 5.94. The number of hydrogen-bond acceptors (Lipinski definition) is 3. The van der Waals surface area contributed by atoms with Gasteiger partial charge in [-0.05, 0) is 6.07 Å². The van der Waals surface area contributed by atoms with Gasteiger partial charge in [0.2, 0.25) is 0 Å². The number of nitrogens with one attached hydrogen (secondary N) is 2. The number of carbonyl (C=O) groups excluding carboxylic acids is 2. The van der Waals surface area contributed by atoms with Crippen LogP contribution in [0, 0.1) is 5.82 Å². The first kappa shape index (κ1) is 13.9. The summed E-state index contributed by atoms with van der Waals surface area (Å²) in [4.78, 5) is 27.6. The summed E-state index contributed by atoms with van der Waals surface area (Å²) in [6, 6.07) is 1.04. The van der Waals surface area contributed by atoms with Crippen molar-refractivity contribution in [2.75, 3.05) is 27.2 Å². The number of nitrogens with zero attached hydrogens (tertiary/aromatic N) is 2. The standard InChI is InChI=1S/C11H15FN4O2/c1-16(2)11(18)15-6-5-14-10(17)8-3-4-13-7-9(8)12/h3-4,7H,5-6H2,1-2H3,(H,14,17)(H,15,18). The van der Waals surface area contributed by atoms with Crippen molar-refractivity contribution in [3.05, 3.63) is 29.8 Å². The minimum absolute atomic E-state index is 0.0658. The van der Waals surface area contributed by atoms with Crippen LogP contribution in [0.1, 0.15) is 10.4 Å². The second-order valence-electron chi connectivity index (χ2n) is 3.74. The van der Waals surface area contributed by atoms with E-state index in [2.05, 4.69) is 15.6 Å². The van der Waals surface area contributed by atoms with Gasteiger partial charge in [-0.15, -0.1) is 0 Å². The minimum atomic E-state index is -0.674. The van der Waals surface area contributed by atoms with Crippen LogP contribution < -0.4 is 10.6 Å². The molecule has 0 atom stereocenters. The Bertz CT molecular complexity index is 437. The molecular formula is C11H15FN4O2. The lowest BCUT2D eigenvalue weighted by Gasteiger charge is -2.12. The summed E-state index contributed by atoms with van der Waals surface area (Å²) < 4.78 is 13.2. The lowest BCUT2D eigenvalue weighted by molar-refractivity contribution is 0.0949. The van der Waals surface area contributed by atoms with Crippen LogP contribution in [-0.2, 0) is 0 Å². The second-order valence-corrected chi connectivity index (χ2v) is 3.74. The molecule has 0 bridgehead atoms. The van der Waals surface area contributed by atoms with E-state index in [0.29, 0.717) is 0 Å². The quantitative estimate of drug-likeness (QED) is 0.755. The SMILES string of the molecule is CN(C)C(=O)NCCNC(=O)c1ccncc1F. The van der Waals surface area contributed by atoms with Crippen LogP contribution in [-0.4, -0.2) is 49.0 Å². The predicted molar refractivity (Wildman–Crippen MR) is 63.6 cm³/mol. The molecule has 0 aliphatic heterocycles. The first-order chi connectivity index (χ1) is 8.52. The number of carbonyl (C=O) groups is 2. The fraction of sp³-hybridized carbons (Fsp3) is 0.364. The molecule has 0 radical (unpaired) electrons. The normalized spacial score (nSPS) is 9.72. The highest BCUT2D eigenvalue weighted by atomic mass is 19.1. The summed E-state index contributed by atoms with van der Waals surface area (Å²) in [5, 5.41) is 5.06. The maximum Gasteiger partial charge on any atom is 0.316 e. The number of amides is 3. The van der Waals surface area contributed by atoms with E-state index in [9.17, 15) is 14.0 Å². The summed E-state index contributed by atoms with van der Waals surface area (Å²) in [6.45, 7) is 0.496. The summed E-state index contributed by atoms with van der Waals surface area (Å²) in [6.07, 6.45) is 2.31. The van der Waals surface area contributed by atoms with E-state index in [1.807, 2.05) is 0 Å². The van der Waals surface area contributed by atoms with Gasteiger partial charge in [0.15, 0.2) is 5.82 Å². The summed E-state index contributed by atoms with van der Waals surface area (Å²) in [5.74, 6) is -1.21. The molecule has 1 heterocycles. The zero-order valence-corrected chi connectivity index (χ0v) is 10.2. The molecule has 0 aliphatic rings. The number of pyridine rings is 1. The van der Waals surface area contributed by atoms with E-state index in [0.717, 1.165) is 6.20 Å². The van der Waals surface area contributed by atoms with E-state index in [1.54, 1.807) is 14.1 Å². The Morgan fingerprint density at radius 3 is 2.61 bits per heavy atom. The molecule has 1 aromatic heterocycles. The van der Waals surface area contributed by atoms with Crippen LogP contribution in [0.25, 0.3) is 0 Å². The van der Waals surface area contributed by atoms with Crippen LogP contribution in [0.2, 0.25) is 0 Å². The van der Waals surface area contributed by atoms with Crippen LogP contribution in [0.5, 0.6) is 0 Å². The Balaban J connectivity index is 2.35. The van der Waals surface area contributed by atoms with Crippen LogP contribution in [0.15, 0.2) is 18.5 Å². The molecule has 0 saturated carbocycles. The Labute approximate surface area is 104 Å². The van der Waals surface area contributed by atoms with Crippen molar-refractivity contribution in [1.82, 2.24) is 20.5 Å². The number of aromatic nitrogens is 1. The number of hydrogen-bond donors (Lipinski definition) is 2.